The van der Waals surface area contributed by atoms with Gasteiger partial charge in [0.1, 0.15) is 5.01 Å². The zero-order chi connectivity index (χ0) is 30.4. The fourth-order valence-corrected chi connectivity index (χ4v) is 7.01. The van der Waals surface area contributed by atoms with Crippen LogP contribution in [0.2, 0.25) is 10.0 Å². The topological polar surface area (TPSA) is 70.5 Å². The van der Waals surface area contributed by atoms with Crippen molar-refractivity contribution in [2.24, 2.45) is 0 Å². The molecule has 2 aliphatic heterocycles. The summed E-state index contributed by atoms with van der Waals surface area (Å²) in [6.45, 7) is 5.18. The largest absolute Gasteiger partial charge is 0.378 e. The number of thiazole rings is 1. The van der Waals surface area contributed by atoms with Gasteiger partial charge in [-0.25, -0.2) is 4.98 Å². The maximum absolute atomic E-state index is 14.5. The SMILES string of the molecule is CC(C)=Cc1c(C(=O)N2C[C@H]3CC[C@@H](C2)N3)cc(-c2nc(-c3ccc(Cl)cc3)cs2)c(=O)n1-c1cc(N(C)C)ccc1Cl. The first-order valence-electron chi connectivity index (χ1n) is 14.3. The van der Waals surface area contributed by atoms with Crippen LogP contribution in [-0.4, -0.2) is 59.6 Å². The Morgan fingerprint density at radius 2 is 1.74 bits per heavy atom. The molecule has 2 aromatic heterocycles. The number of carbonyl (C=O) groups excluding carboxylic acids is 1. The smallest absolute Gasteiger partial charge is 0.265 e. The van der Waals surface area contributed by atoms with Crippen LogP contribution >= 0.6 is 34.5 Å². The summed E-state index contributed by atoms with van der Waals surface area (Å²) in [5, 5.41) is 7.10. The molecule has 6 rings (SSSR count). The van der Waals surface area contributed by atoms with Gasteiger partial charge < -0.3 is 15.1 Å². The molecule has 43 heavy (non-hydrogen) atoms. The predicted molar refractivity (Wildman–Crippen MR) is 178 cm³/mol. The molecule has 0 unspecified atom stereocenters. The standard InChI is InChI=1S/C33H33Cl2N5O2S/c1-19(2)13-29-25(32(41)39-16-22-9-10-23(17-39)36-22)15-26(31-37-28(18-43-31)20-5-7-21(34)8-6-20)33(42)40(29)30-14-24(38(3)4)11-12-27(30)35/h5-8,11-15,18,22-23,36H,9-10,16-17H2,1-4H3/t22-,23+. The average Bonchev–Trinajstić information content (AvgIpc) is 3.59. The number of halogens is 2. The molecule has 2 aromatic carbocycles. The van der Waals surface area contributed by atoms with Crippen molar-refractivity contribution >= 4 is 52.2 Å². The van der Waals surface area contributed by atoms with E-state index in [-0.39, 0.29) is 23.6 Å². The van der Waals surface area contributed by atoms with E-state index in [1.54, 1.807) is 16.7 Å². The van der Waals surface area contributed by atoms with E-state index in [1.165, 1.54) is 11.3 Å². The quantitative estimate of drug-likeness (QED) is 0.248. The summed E-state index contributed by atoms with van der Waals surface area (Å²) < 4.78 is 1.59. The highest BCUT2D eigenvalue weighted by Crippen LogP contribution is 2.33. The summed E-state index contributed by atoms with van der Waals surface area (Å²) in [4.78, 5) is 37.7. The molecule has 0 spiro atoms. The van der Waals surface area contributed by atoms with Gasteiger partial charge in [-0.2, -0.15) is 0 Å². The van der Waals surface area contributed by atoms with Crippen molar-refractivity contribution in [3.63, 3.8) is 0 Å². The second kappa shape index (κ2) is 11.9. The molecule has 1 N–H and O–H groups in total. The third-order valence-electron chi connectivity index (χ3n) is 7.96. The van der Waals surface area contributed by atoms with Gasteiger partial charge in [-0.3, -0.25) is 14.2 Å². The van der Waals surface area contributed by atoms with Gasteiger partial charge in [0.25, 0.3) is 11.5 Å². The van der Waals surface area contributed by atoms with Crippen molar-refractivity contribution in [1.29, 1.82) is 0 Å². The lowest BCUT2D eigenvalue weighted by Crippen LogP contribution is -2.53. The van der Waals surface area contributed by atoms with Gasteiger partial charge in [0.2, 0.25) is 0 Å². The van der Waals surface area contributed by atoms with Crippen molar-refractivity contribution in [3.8, 4) is 27.5 Å². The van der Waals surface area contributed by atoms with Crippen molar-refractivity contribution in [2.75, 3.05) is 32.1 Å². The van der Waals surface area contributed by atoms with Gasteiger partial charge in [-0.15, -0.1) is 11.3 Å². The number of benzene rings is 2. The molecule has 1 amide bonds. The van der Waals surface area contributed by atoms with Crippen molar-refractivity contribution in [2.45, 2.75) is 38.8 Å². The molecule has 2 atom stereocenters. The molecule has 2 saturated heterocycles. The number of hydrogen-bond donors (Lipinski definition) is 1. The van der Waals surface area contributed by atoms with E-state index in [0.717, 1.165) is 35.4 Å². The highest BCUT2D eigenvalue weighted by atomic mass is 35.5. The Balaban J connectivity index is 1.59. The third kappa shape index (κ3) is 5.89. The van der Waals surface area contributed by atoms with Crippen LogP contribution < -0.4 is 15.8 Å². The fourth-order valence-electron chi connectivity index (χ4n) is 5.84. The van der Waals surface area contributed by atoms with E-state index in [1.807, 2.05) is 85.6 Å². The Hall–Kier alpha value is -3.43. The van der Waals surface area contributed by atoms with E-state index in [9.17, 15) is 9.59 Å². The van der Waals surface area contributed by atoms with E-state index in [4.69, 9.17) is 28.2 Å². The summed E-state index contributed by atoms with van der Waals surface area (Å²) in [5.41, 5.74) is 4.99. The number of nitrogens with one attached hydrogen (secondary N) is 1. The number of carbonyl (C=O) groups is 1. The van der Waals surface area contributed by atoms with Crippen molar-refractivity contribution < 1.29 is 4.79 Å². The van der Waals surface area contributed by atoms with Gasteiger partial charge in [-0.1, -0.05) is 40.9 Å². The van der Waals surface area contributed by atoms with Crippen LogP contribution in [0.5, 0.6) is 0 Å². The molecule has 0 saturated carbocycles. The third-order valence-corrected chi connectivity index (χ3v) is 9.41. The minimum Gasteiger partial charge on any atom is -0.378 e. The second-order valence-corrected chi connectivity index (χ2v) is 13.3. The Morgan fingerprint density at radius 1 is 1.05 bits per heavy atom. The average molecular weight is 635 g/mol. The summed E-state index contributed by atoms with van der Waals surface area (Å²) in [7, 11) is 3.87. The molecular weight excluding hydrogens is 601 g/mol. The molecule has 10 heteroatoms. The van der Waals surface area contributed by atoms with E-state index in [2.05, 4.69) is 5.32 Å². The first-order chi connectivity index (χ1) is 20.6. The van der Waals surface area contributed by atoms with Crippen LogP contribution in [0.25, 0.3) is 33.6 Å². The molecule has 4 heterocycles. The highest BCUT2D eigenvalue weighted by Gasteiger charge is 2.36. The monoisotopic (exact) mass is 633 g/mol. The molecular formula is C33H33Cl2N5O2S. The number of rotatable bonds is 6. The molecule has 7 nitrogen and oxygen atoms in total. The molecule has 0 aliphatic carbocycles. The Labute approximate surface area is 265 Å². The van der Waals surface area contributed by atoms with Gasteiger partial charge in [0, 0.05) is 60.9 Å². The van der Waals surface area contributed by atoms with E-state index in [0.29, 0.717) is 50.7 Å². The van der Waals surface area contributed by atoms with Crippen LogP contribution in [0.3, 0.4) is 0 Å². The van der Waals surface area contributed by atoms with Crippen LogP contribution in [-0.2, 0) is 0 Å². The summed E-state index contributed by atoms with van der Waals surface area (Å²) in [5.74, 6) is -0.102. The number of pyridine rings is 1. The molecule has 2 fully saturated rings. The van der Waals surface area contributed by atoms with Crippen molar-refractivity contribution in [3.05, 3.63) is 91.1 Å². The Kier molecular flexibility index (Phi) is 8.22. The number of fused-ring (bicyclic) bond motifs is 2. The Bertz CT molecular complexity index is 1780. The first kappa shape index (κ1) is 29.6. The maximum atomic E-state index is 14.5. The molecule has 4 aromatic rings. The zero-order valence-electron chi connectivity index (χ0n) is 24.5. The van der Waals surface area contributed by atoms with Gasteiger partial charge in [0.05, 0.1) is 33.2 Å². The lowest BCUT2D eigenvalue weighted by Gasteiger charge is -2.33. The van der Waals surface area contributed by atoms with Gasteiger partial charge in [0.15, 0.2) is 0 Å². The number of hydrogen-bond acceptors (Lipinski definition) is 6. The maximum Gasteiger partial charge on any atom is 0.265 e. The lowest BCUT2D eigenvalue weighted by molar-refractivity contribution is 0.0696. The molecule has 0 radical (unpaired) electrons. The summed E-state index contributed by atoms with van der Waals surface area (Å²) in [6, 6.07) is 15.3. The normalized spacial score (nSPS) is 17.7. The van der Waals surface area contributed by atoms with Crippen LogP contribution in [0.15, 0.2) is 64.3 Å². The summed E-state index contributed by atoms with van der Waals surface area (Å²) >= 11 is 14.3. The first-order valence-corrected chi connectivity index (χ1v) is 15.9. The molecule has 222 valence electrons. The van der Waals surface area contributed by atoms with Crippen molar-refractivity contribution in [1.82, 2.24) is 19.8 Å². The highest BCUT2D eigenvalue weighted by molar-refractivity contribution is 7.13. The van der Waals surface area contributed by atoms with Crippen LogP contribution in [0.1, 0.15) is 42.7 Å². The number of amides is 1. The van der Waals surface area contributed by atoms with E-state index >= 15 is 0 Å². The van der Waals surface area contributed by atoms with Gasteiger partial charge in [-0.05, 0) is 69.2 Å². The lowest BCUT2D eigenvalue weighted by atomic mass is 10.0. The van der Waals surface area contributed by atoms with Gasteiger partial charge >= 0.3 is 0 Å². The van der Waals surface area contributed by atoms with Crippen LogP contribution in [0.4, 0.5) is 5.69 Å². The zero-order valence-corrected chi connectivity index (χ0v) is 26.9. The van der Waals surface area contributed by atoms with E-state index < -0.39 is 0 Å². The molecule has 2 bridgehead atoms. The number of allylic oxidation sites excluding steroid dienone is 1. The number of anilines is 1. The Morgan fingerprint density at radius 3 is 2.40 bits per heavy atom. The minimum absolute atomic E-state index is 0.102. The number of nitrogens with zero attached hydrogens (tertiary/aromatic N) is 4. The van der Waals surface area contributed by atoms with Crippen LogP contribution in [0, 0.1) is 0 Å². The fraction of sp³-hybridized carbons (Fsp3) is 0.303. The predicted octanol–water partition coefficient (Wildman–Crippen LogP) is 7.00. The number of aromatic nitrogens is 2. The number of likely N-dealkylation sites (tertiary alicyclic amines) is 1. The summed E-state index contributed by atoms with van der Waals surface area (Å²) in [6.07, 6.45) is 4.01. The second-order valence-electron chi connectivity index (χ2n) is 11.6. The molecule has 2 aliphatic rings. The minimum atomic E-state index is -0.292. The number of piperazine rings is 1.